The average molecular weight is 666 g/mol. The Hall–Kier alpha value is -2.80. The van der Waals surface area contributed by atoms with E-state index >= 15 is 0 Å². The lowest BCUT2D eigenvalue weighted by Crippen LogP contribution is -2.39. The van der Waals surface area contributed by atoms with Crippen molar-refractivity contribution in [1.29, 1.82) is 0 Å². The van der Waals surface area contributed by atoms with E-state index in [4.69, 9.17) is 35.9 Å². The molecule has 45 heavy (non-hydrogen) atoms. The fourth-order valence-electron chi connectivity index (χ4n) is 5.96. The van der Waals surface area contributed by atoms with E-state index in [1.165, 1.54) is 17.2 Å². The second-order valence-electron chi connectivity index (χ2n) is 11.8. The van der Waals surface area contributed by atoms with Gasteiger partial charge >= 0.3 is 13.6 Å². The Morgan fingerprint density at radius 2 is 1.84 bits per heavy atom. The zero-order valence-electron chi connectivity index (χ0n) is 25.6. The van der Waals surface area contributed by atoms with Gasteiger partial charge in [0.1, 0.15) is 42.0 Å². The van der Waals surface area contributed by atoms with E-state index in [9.17, 15) is 19.6 Å². The number of nitrogens with zero attached hydrogens (tertiary/aromatic N) is 4. The summed E-state index contributed by atoms with van der Waals surface area (Å²) in [6, 6.07) is 6.36. The number of fused-ring (bicyclic) bond motifs is 1. The fourth-order valence-corrected chi connectivity index (χ4v) is 8.47. The molecule has 1 aromatic carbocycles. The molecule has 8 atom stereocenters. The van der Waals surface area contributed by atoms with Crippen molar-refractivity contribution in [3.8, 4) is 5.75 Å². The smallest absolute Gasteiger partial charge is 0.382 e. The minimum atomic E-state index is -4.06. The number of anilines is 1. The summed E-state index contributed by atoms with van der Waals surface area (Å²) in [4.78, 5) is 25.4. The fraction of sp³-hybridized carbons (Fsp3) is 0.600. The Morgan fingerprint density at radius 1 is 1.13 bits per heavy atom. The van der Waals surface area contributed by atoms with Crippen LogP contribution in [0.15, 0.2) is 36.9 Å². The molecule has 0 spiro atoms. The molecule has 0 radical (unpaired) electrons. The van der Waals surface area contributed by atoms with Crippen LogP contribution in [0.25, 0.3) is 11.2 Å². The number of carbonyl (C=O) groups is 1. The van der Waals surface area contributed by atoms with E-state index in [0.717, 1.165) is 32.1 Å². The number of imidazole rings is 1. The molecule has 1 saturated heterocycles. The molecule has 2 aliphatic rings. The van der Waals surface area contributed by atoms with Crippen LogP contribution >= 0.6 is 19.2 Å². The molecule has 1 aliphatic heterocycles. The van der Waals surface area contributed by atoms with Gasteiger partial charge in [-0.2, -0.15) is 0 Å². The van der Waals surface area contributed by atoms with Gasteiger partial charge in [0, 0.05) is 5.02 Å². The molecule has 15 heteroatoms. The SMILES string of the molecule is CCC(CC(C)C(=O)OC1CCCCC1)P(=O)(Oc1ccc(Cl)cc1)OC(C)C1OC(n2cnc3c(N)ncnc32)C(O)C1O. The maximum atomic E-state index is 14.7. The number of nitrogen functional groups attached to an aromatic ring is 1. The number of halogens is 1. The topological polar surface area (TPSA) is 181 Å². The third kappa shape index (κ3) is 7.45. The number of ether oxygens (including phenoxy) is 2. The van der Waals surface area contributed by atoms with Crippen LogP contribution in [-0.2, 0) is 23.4 Å². The van der Waals surface area contributed by atoms with Gasteiger partial charge in [0.05, 0.1) is 24.0 Å². The zero-order chi connectivity index (χ0) is 32.3. The van der Waals surface area contributed by atoms with Gasteiger partial charge in [-0.25, -0.2) is 19.5 Å². The zero-order valence-corrected chi connectivity index (χ0v) is 27.2. The Labute approximate surface area is 266 Å². The van der Waals surface area contributed by atoms with E-state index in [1.54, 1.807) is 38.1 Å². The Kier molecular flexibility index (Phi) is 10.7. The number of aromatic nitrogens is 4. The normalized spacial score (nSPS) is 25.8. The van der Waals surface area contributed by atoms with Crippen molar-refractivity contribution in [2.45, 2.75) is 108 Å². The molecule has 1 aliphatic carbocycles. The number of esters is 1. The van der Waals surface area contributed by atoms with E-state index in [2.05, 4.69) is 15.0 Å². The van der Waals surface area contributed by atoms with Crippen molar-refractivity contribution in [2.75, 3.05) is 5.73 Å². The monoisotopic (exact) mass is 665 g/mol. The molecular formula is C30H41ClN5O8P. The van der Waals surface area contributed by atoms with Gasteiger partial charge in [-0.15, -0.1) is 0 Å². The number of carbonyl (C=O) groups excluding carboxylic acids is 1. The van der Waals surface area contributed by atoms with Gasteiger partial charge in [-0.1, -0.05) is 31.9 Å². The first-order chi connectivity index (χ1) is 21.5. The van der Waals surface area contributed by atoms with Gasteiger partial charge in [0.15, 0.2) is 17.7 Å². The quantitative estimate of drug-likeness (QED) is 0.173. The number of hydrogen-bond acceptors (Lipinski definition) is 12. The summed E-state index contributed by atoms with van der Waals surface area (Å²) < 4.78 is 40.4. The highest BCUT2D eigenvalue weighted by atomic mass is 35.5. The lowest BCUT2D eigenvalue weighted by molar-refractivity contribution is -0.155. The highest BCUT2D eigenvalue weighted by molar-refractivity contribution is 7.55. The summed E-state index contributed by atoms with van der Waals surface area (Å²) in [5.74, 6) is -0.494. The molecule has 5 rings (SSSR count). The van der Waals surface area contributed by atoms with Crippen molar-refractivity contribution in [3.05, 3.63) is 41.9 Å². The Balaban J connectivity index is 1.36. The molecule has 8 unspecified atom stereocenters. The van der Waals surface area contributed by atoms with Crippen molar-refractivity contribution >= 4 is 42.1 Å². The predicted molar refractivity (Wildman–Crippen MR) is 167 cm³/mol. The van der Waals surface area contributed by atoms with Gasteiger partial charge in [0.25, 0.3) is 0 Å². The number of rotatable bonds is 12. The number of hydrogen-bond donors (Lipinski definition) is 3. The largest absolute Gasteiger partial charge is 0.462 e. The minimum absolute atomic E-state index is 0.0990. The molecular weight excluding hydrogens is 625 g/mol. The van der Waals surface area contributed by atoms with E-state index in [-0.39, 0.29) is 30.1 Å². The molecule has 0 bridgehead atoms. The van der Waals surface area contributed by atoms with Gasteiger partial charge in [0.2, 0.25) is 0 Å². The van der Waals surface area contributed by atoms with Crippen molar-refractivity contribution in [1.82, 2.24) is 19.5 Å². The number of aliphatic hydroxyl groups excluding tert-OH is 2. The number of nitrogens with two attached hydrogens (primary N) is 1. The maximum absolute atomic E-state index is 14.7. The predicted octanol–water partition coefficient (Wildman–Crippen LogP) is 5.04. The summed E-state index contributed by atoms with van der Waals surface area (Å²) >= 11 is 6.06. The molecule has 0 amide bonds. The first kappa shape index (κ1) is 33.6. The number of aliphatic hydroxyl groups is 2. The van der Waals surface area contributed by atoms with E-state index < -0.39 is 49.8 Å². The third-order valence-electron chi connectivity index (χ3n) is 8.54. The third-order valence-corrected chi connectivity index (χ3v) is 11.4. The Bertz CT molecular complexity index is 1500. The summed E-state index contributed by atoms with van der Waals surface area (Å²) in [6.45, 7) is 5.18. The van der Waals surface area contributed by atoms with Crippen LogP contribution in [0.3, 0.4) is 0 Å². The lowest BCUT2D eigenvalue weighted by atomic mass is 9.97. The summed E-state index contributed by atoms with van der Waals surface area (Å²) in [5.41, 5.74) is 5.83. The molecule has 3 aromatic rings. The standard InChI is InChI=1S/C30H41ClN5O8P/c1-4-22(14-17(2)30(39)41-20-8-6-5-7-9-20)45(40,44-21-12-10-19(31)11-13-21)43-18(3)26-24(37)25(38)29(42-26)36-16-35-23-27(32)33-15-34-28(23)36/h10-13,15-18,20,22,24-26,29,37-38H,4-9,14H2,1-3H3,(H2,32,33,34). The molecule has 1 saturated carbocycles. The highest BCUT2D eigenvalue weighted by Crippen LogP contribution is 2.58. The average Bonchev–Trinajstić information content (AvgIpc) is 3.58. The summed E-state index contributed by atoms with van der Waals surface area (Å²) in [6.07, 6.45) is 1.94. The minimum Gasteiger partial charge on any atom is -0.462 e. The molecule has 13 nitrogen and oxygen atoms in total. The summed E-state index contributed by atoms with van der Waals surface area (Å²) in [7, 11) is -4.06. The Morgan fingerprint density at radius 3 is 2.53 bits per heavy atom. The lowest BCUT2D eigenvalue weighted by Gasteiger charge is -2.32. The first-order valence-corrected chi connectivity index (χ1v) is 17.4. The van der Waals surface area contributed by atoms with Crippen molar-refractivity contribution in [3.63, 3.8) is 0 Å². The van der Waals surface area contributed by atoms with Crippen LogP contribution in [0.2, 0.25) is 5.02 Å². The molecule has 4 N–H and O–H groups in total. The second kappa shape index (κ2) is 14.3. The van der Waals surface area contributed by atoms with Gasteiger partial charge in [-0.05, 0) is 69.7 Å². The maximum Gasteiger partial charge on any atom is 0.382 e. The van der Waals surface area contributed by atoms with Crippen LogP contribution < -0.4 is 10.3 Å². The van der Waals surface area contributed by atoms with Crippen molar-refractivity contribution < 1.29 is 38.1 Å². The van der Waals surface area contributed by atoms with Crippen LogP contribution in [0.4, 0.5) is 5.82 Å². The molecule has 2 fully saturated rings. The molecule has 246 valence electrons. The van der Waals surface area contributed by atoms with Crippen LogP contribution in [0, 0.1) is 5.92 Å². The first-order valence-electron chi connectivity index (χ1n) is 15.4. The van der Waals surface area contributed by atoms with E-state index in [1.807, 2.05) is 6.92 Å². The van der Waals surface area contributed by atoms with Crippen LogP contribution in [-0.4, -0.2) is 71.9 Å². The van der Waals surface area contributed by atoms with Gasteiger partial charge < -0.3 is 29.9 Å². The van der Waals surface area contributed by atoms with Crippen molar-refractivity contribution in [2.24, 2.45) is 5.92 Å². The molecule has 3 heterocycles. The second-order valence-corrected chi connectivity index (χ2v) is 14.5. The van der Waals surface area contributed by atoms with Gasteiger partial charge in [-0.3, -0.25) is 13.9 Å². The molecule has 2 aromatic heterocycles. The number of benzene rings is 1. The van der Waals surface area contributed by atoms with E-state index in [0.29, 0.717) is 22.6 Å². The van der Waals surface area contributed by atoms with Crippen LogP contribution in [0.5, 0.6) is 5.75 Å². The van der Waals surface area contributed by atoms with Crippen LogP contribution in [0.1, 0.15) is 71.9 Å². The summed E-state index contributed by atoms with van der Waals surface area (Å²) in [5, 5.41) is 22.5. The highest BCUT2D eigenvalue weighted by Gasteiger charge is 2.50.